The molecule has 3 aliphatic heterocycles. The maximum atomic E-state index is 12.8. The molecule has 0 bridgehead atoms. The van der Waals surface area contributed by atoms with Crippen molar-refractivity contribution in [3.8, 4) is 0 Å². The zero-order valence-electron chi connectivity index (χ0n) is 16.1. The second kappa shape index (κ2) is 6.80. The van der Waals surface area contributed by atoms with Gasteiger partial charge in [0.2, 0.25) is 5.91 Å². The first-order valence-corrected chi connectivity index (χ1v) is 9.86. The molecule has 0 saturated carbocycles. The highest BCUT2D eigenvalue weighted by molar-refractivity contribution is 5.79. The molecule has 0 N–H and O–H groups in total. The van der Waals surface area contributed by atoms with E-state index in [2.05, 4.69) is 46.6 Å². The summed E-state index contributed by atoms with van der Waals surface area (Å²) in [6.07, 6.45) is 3.45. The number of fused-ring (bicyclic) bond motifs is 1. The lowest BCUT2D eigenvalue weighted by Gasteiger charge is -2.28. The van der Waals surface area contributed by atoms with E-state index in [4.69, 9.17) is 4.74 Å². The largest absolute Gasteiger partial charge is 0.381 e. The van der Waals surface area contributed by atoms with E-state index in [1.807, 2.05) is 0 Å². The van der Waals surface area contributed by atoms with Gasteiger partial charge in [0.1, 0.15) is 12.1 Å². The van der Waals surface area contributed by atoms with Crippen molar-refractivity contribution in [3.63, 3.8) is 0 Å². The molecular formula is C20H30N4O2. The van der Waals surface area contributed by atoms with Crippen LogP contribution >= 0.6 is 0 Å². The van der Waals surface area contributed by atoms with Crippen LogP contribution in [0.4, 0.5) is 5.82 Å². The number of likely N-dealkylation sites (tertiary alicyclic amines) is 1. The highest BCUT2D eigenvalue weighted by Crippen LogP contribution is 2.35. The third-order valence-corrected chi connectivity index (χ3v) is 6.11. The van der Waals surface area contributed by atoms with Gasteiger partial charge in [-0.05, 0) is 12.8 Å². The van der Waals surface area contributed by atoms with Crippen LogP contribution in [0.15, 0.2) is 12.4 Å². The normalized spacial score (nSPS) is 27.0. The van der Waals surface area contributed by atoms with Crippen LogP contribution in [0.3, 0.4) is 0 Å². The summed E-state index contributed by atoms with van der Waals surface area (Å²) in [6.45, 7) is 11.8. The van der Waals surface area contributed by atoms with E-state index in [-0.39, 0.29) is 11.3 Å². The molecule has 2 unspecified atom stereocenters. The van der Waals surface area contributed by atoms with E-state index in [1.165, 1.54) is 0 Å². The topological polar surface area (TPSA) is 58.6 Å². The van der Waals surface area contributed by atoms with E-state index < -0.39 is 0 Å². The lowest BCUT2D eigenvalue weighted by atomic mass is 9.92. The Morgan fingerprint density at radius 3 is 2.35 bits per heavy atom. The van der Waals surface area contributed by atoms with Gasteiger partial charge in [0, 0.05) is 68.6 Å². The van der Waals surface area contributed by atoms with Gasteiger partial charge >= 0.3 is 0 Å². The summed E-state index contributed by atoms with van der Waals surface area (Å²) >= 11 is 0. The van der Waals surface area contributed by atoms with Gasteiger partial charge in [0.25, 0.3) is 0 Å². The number of anilines is 1. The molecule has 6 heteroatoms. The number of rotatable bonds is 2. The summed E-state index contributed by atoms with van der Waals surface area (Å²) < 4.78 is 5.39. The number of nitrogens with zero attached hydrogens (tertiary/aromatic N) is 4. The third kappa shape index (κ3) is 3.43. The molecule has 0 radical (unpaired) electrons. The number of carbonyl (C=O) groups is 1. The van der Waals surface area contributed by atoms with E-state index in [0.29, 0.717) is 17.7 Å². The summed E-state index contributed by atoms with van der Waals surface area (Å²) in [6, 6.07) is 2.13. The first kappa shape index (κ1) is 17.7. The fourth-order valence-electron chi connectivity index (χ4n) is 4.49. The molecule has 3 saturated heterocycles. The Kier molecular flexibility index (Phi) is 4.63. The van der Waals surface area contributed by atoms with Gasteiger partial charge < -0.3 is 14.5 Å². The van der Waals surface area contributed by atoms with Crippen molar-refractivity contribution in [3.05, 3.63) is 18.1 Å². The quantitative estimate of drug-likeness (QED) is 0.810. The fourth-order valence-corrected chi connectivity index (χ4v) is 4.49. The molecule has 2 atom stereocenters. The van der Waals surface area contributed by atoms with Crippen LogP contribution in [0, 0.1) is 17.8 Å². The van der Waals surface area contributed by atoms with Crippen LogP contribution in [0.25, 0.3) is 0 Å². The Morgan fingerprint density at radius 2 is 1.73 bits per heavy atom. The third-order valence-electron chi connectivity index (χ3n) is 6.11. The molecular weight excluding hydrogens is 328 g/mol. The first-order valence-electron chi connectivity index (χ1n) is 9.86. The van der Waals surface area contributed by atoms with Crippen molar-refractivity contribution in [1.29, 1.82) is 0 Å². The van der Waals surface area contributed by atoms with E-state index >= 15 is 0 Å². The molecule has 0 aliphatic carbocycles. The maximum Gasteiger partial charge on any atom is 0.225 e. The number of amides is 1. The highest BCUT2D eigenvalue weighted by atomic mass is 16.5. The molecule has 1 aromatic heterocycles. The van der Waals surface area contributed by atoms with Crippen molar-refractivity contribution in [1.82, 2.24) is 14.9 Å². The lowest BCUT2D eigenvalue weighted by molar-refractivity contribution is -0.137. The monoisotopic (exact) mass is 358 g/mol. The Hall–Kier alpha value is -1.69. The molecule has 4 heterocycles. The van der Waals surface area contributed by atoms with Crippen molar-refractivity contribution < 1.29 is 9.53 Å². The minimum atomic E-state index is 0.0280. The Labute approximate surface area is 155 Å². The smallest absolute Gasteiger partial charge is 0.225 e. The van der Waals surface area contributed by atoms with E-state index in [0.717, 1.165) is 63.7 Å². The Bertz CT molecular complexity index is 652. The van der Waals surface area contributed by atoms with Crippen LogP contribution in [0.2, 0.25) is 0 Å². The number of hydrogen-bond donors (Lipinski definition) is 0. The molecule has 26 heavy (non-hydrogen) atoms. The van der Waals surface area contributed by atoms with Crippen molar-refractivity contribution in [2.45, 2.75) is 39.0 Å². The number of carbonyl (C=O) groups excluding carboxylic acids is 1. The second-order valence-corrected chi connectivity index (χ2v) is 9.07. The number of hydrogen-bond acceptors (Lipinski definition) is 5. The van der Waals surface area contributed by atoms with Crippen LogP contribution in [0.5, 0.6) is 0 Å². The van der Waals surface area contributed by atoms with Crippen LogP contribution < -0.4 is 4.90 Å². The predicted octanol–water partition coefficient (Wildman–Crippen LogP) is 2.10. The molecule has 6 nitrogen and oxygen atoms in total. The van der Waals surface area contributed by atoms with Crippen LogP contribution in [-0.4, -0.2) is 60.2 Å². The highest BCUT2D eigenvalue weighted by Gasteiger charge is 2.43. The SMILES string of the molecule is CC(C)(C)c1cc(N2CC3CN(C(=O)C4CCOCC4)CC3C2)ncn1. The van der Waals surface area contributed by atoms with E-state index in [1.54, 1.807) is 6.33 Å². The summed E-state index contributed by atoms with van der Waals surface area (Å²) in [7, 11) is 0. The van der Waals surface area contributed by atoms with Gasteiger partial charge in [-0.3, -0.25) is 4.79 Å². The minimum Gasteiger partial charge on any atom is -0.381 e. The van der Waals surface area contributed by atoms with Crippen LogP contribution in [-0.2, 0) is 14.9 Å². The molecule has 1 amide bonds. The second-order valence-electron chi connectivity index (χ2n) is 9.07. The molecule has 142 valence electrons. The zero-order valence-corrected chi connectivity index (χ0v) is 16.1. The molecule has 4 rings (SSSR count). The number of aromatic nitrogens is 2. The van der Waals surface area contributed by atoms with Gasteiger partial charge in [-0.25, -0.2) is 9.97 Å². The Morgan fingerprint density at radius 1 is 1.08 bits per heavy atom. The van der Waals surface area contributed by atoms with Gasteiger partial charge in [0.15, 0.2) is 0 Å². The van der Waals surface area contributed by atoms with Crippen molar-refractivity contribution >= 4 is 11.7 Å². The average Bonchev–Trinajstić information content (AvgIpc) is 3.20. The zero-order chi connectivity index (χ0) is 18.3. The van der Waals surface area contributed by atoms with E-state index in [9.17, 15) is 4.79 Å². The standard InChI is InChI=1S/C20H30N4O2/c1-20(2,3)17-8-18(22-13-21-17)23-9-15-11-24(12-16(15)10-23)19(25)14-4-6-26-7-5-14/h8,13-16H,4-7,9-12H2,1-3H3. The maximum absolute atomic E-state index is 12.8. The molecule has 0 spiro atoms. The lowest BCUT2D eigenvalue weighted by Crippen LogP contribution is -2.39. The van der Waals surface area contributed by atoms with Gasteiger partial charge in [-0.2, -0.15) is 0 Å². The predicted molar refractivity (Wildman–Crippen MR) is 100 cm³/mol. The van der Waals surface area contributed by atoms with Crippen molar-refractivity contribution in [2.24, 2.45) is 17.8 Å². The van der Waals surface area contributed by atoms with Gasteiger partial charge in [-0.1, -0.05) is 20.8 Å². The first-order chi connectivity index (χ1) is 12.4. The Balaban J connectivity index is 1.38. The summed E-state index contributed by atoms with van der Waals surface area (Å²) in [4.78, 5) is 26.2. The molecule has 3 fully saturated rings. The van der Waals surface area contributed by atoms with Crippen molar-refractivity contribution in [2.75, 3.05) is 44.3 Å². The average molecular weight is 358 g/mol. The van der Waals surface area contributed by atoms with Crippen LogP contribution in [0.1, 0.15) is 39.3 Å². The molecule has 0 aromatic carbocycles. The minimum absolute atomic E-state index is 0.0280. The summed E-state index contributed by atoms with van der Waals surface area (Å²) in [5, 5.41) is 0. The number of ether oxygens (including phenoxy) is 1. The fraction of sp³-hybridized carbons (Fsp3) is 0.750. The van der Waals surface area contributed by atoms with Gasteiger partial charge in [0.05, 0.1) is 5.69 Å². The van der Waals surface area contributed by atoms with Gasteiger partial charge in [-0.15, -0.1) is 0 Å². The molecule has 3 aliphatic rings. The molecule has 1 aromatic rings. The summed E-state index contributed by atoms with van der Waals surface area (Å²) in [5.74, 6) is 2.68. The summed E-state index contributed by atoms with van der Waals surface area (Å²) in [5.41, 5.74) is 1.11.